The van der Waals surface area contributed by atoms with Gasteiger partial charge in [0.1, 0.15) is 0 Å². The van der Waals surface area contributed by atoms with Crippen LogP contribution >= 0.6 is 0 Å². The predicted molar refractivity (Wildman–Crippen MR) is 139 cm³/mol. The van der Waals surface area contributed by atoms with Crippen LogP contribution in [-0.2, 0) is 4.79 Å². The van der Waals surface area contributed by atoms with E-state index in [4.69, 9.17) is 0 Å². The molecule has 0 bridgehead atoms. The van der Waals surface area contributed by atoms with Crippen molar-refractivity contribution in [3.8, 4) is 11.1 Å². The monoisotopic (exact) mass is 442 g/mol. The van der Waals surface area contributed by atoms with Crippen LogP contribution in [0.2, 0.25) is 0 Å². The lowest BCUT2D eigenvalue weighted by atomic mass is 9.78. The van der Waals surface area contributed by atoms with Gasteiger partial charge in [0.15, 0.2) is 5.78 Å². The molecular weight excluding hydrogens is 416 g/mol. The smallest absolute Gasteiger partial charge is 0.163 e. The van der Waals surface area contributed by atoms with E-state index in [0.717, 1.165) is 34.6 Å². The van der Waals surface area contributed by atoms with Gasteiger partial charge in [0, 0.05) is 17.7 Å². The summed E-state index contributed by atoms with van der Waals surface area (Å²) in [6.07, 6.45) is 1.35. The van der Waals surface area contributed by atoms with Crippen LogP contribution in [0.25, 0.3) is 11.1 Å². The Morgan fingerprint density at radius 1 is 0.588 bits per heavy atom. The zero-order valence-electron chi connectivity index (χ0n) is 18.9. The molecule has 1 aliphatic carbocycles. The fourth-order valence-corrected chi connectivity index (χ4v) is 5.20. The van der Waals surface area contributed by atoms with E-state index in [1.54, 1.807) is 0 Å². The number of carbonyl (C=O) groups is 1. The van der Waals surface area contributed by atoms with E-state index in [-0.39, 0.29) is 17.7 Å². The second-order valence-corrected chi connectivity index (χ2v) is 9.07. The number of benzene rings is 4. The second-order valence-electron chi connectivity index (χ2n) is 9.07. The minimum atomic E-state index is -0.194. The Morgan fingerprint density at radius 2 is 1.21 bits per heavy atom. The Morgan fingerprint density at radius 3 is 1.94 bits per heavy atom. The number of nitrogens with one attached hydrogen (secondary N) is 2. The number of anilines is 2. The van der Waals surface area contributed by atoms with Gasteiger partial charge in [-0.3, -0.25) is 4.79 Å². The van der Waals surface area contributed by atoms with Gasteiger partial charge in [0.2, 0.25) is 0 Å². The molecule has 0 radical (unpaired) electrons. The lowest BCUT2D eigenvalue weighted by molar-refractivity contribution is -0.116. The molecule has 0 saturated heterocycles. The molecule has 6 rings (SSSR count). The Labute approximate surface area is 200 Å². The third-order valence-electron chi connectivity index (χ3n) is 6.93. The Bertz CT molecular complexity index is 1360. The predicted octanol–water partition coefficient (Wildman–Crippen LogP) is 7.33. The Hall–Kier alpha value is -4.11. The fraction of sp³-hybridized carbons (Fsp3) is 0.129. The van der Waals surface area contributed by atoms with Crippen molar-refractivity contribution in [2.45, 2.75) is 24.8 Å². The number of Topliss-reactive ketones (excluding diaryl/α,β-unsaturated/α-hetero) is 1. The highest BCUT2D eigenvalue weighted by atomic mass is 16.1. The normalized spacial score (nSPS) is 19.4. The first kappa shape index (κ1) is 20.5. The molecule has 0 spiro atoms. The number of hydrogen-bond donors (Lipinski definition) is 2. The number of ketones is 1. The van der Waals surface area contributed by atoms with E-state index in [9.17, 15) is 4.79 Å². The van der Waals surface area contributed by atoms with Crippen molar-refractivity contribution in [2.75, 3.05) is 10.6 Å². The third kappa shape index (κ3) is 3.80. The van der Waals surface area contributed by atoms with Gasteiger partial charge in [-0.15, -0.1) is 0 Å². The van der Waals surface area contributed by atoms with Gasteiger partial charge in [-0.05, 0) is 46.7 Å². The van der Waals surface area contributed by atoms with Crippen LogP contribution in [0.15, 0.2) is 120 Å². The third-order valence-corrected chi connectivity index (χ3v) is 6.93. The van der Waals surface area contributed by atoms with E-state index in [1.807, 2.05) is 24.3 Å². The van der Waals surface area contributed by atoms with Crippen molar-refractivity contribution in [3.63, 3.8) is 0 Å². The van der Waals surface area contributed by atoms with Crippen molar-refractivity contribution < 1.29 is 4.79 Å². The van der Waals surface area contributed by atoms with Crippen molar-refractivity contribution in [1.29, 1.82) is 0 Å². The molecule has 1 aliphatic heterocycles. The molecule has 1 heterocycles. The van der Waals surface area contributed by atoms with Crippen LogP contribution in [0.5, 0.6) is 0 Å². The summed E-state index contributed by atoms with van der Waals surface area (Å²) in [6, 6.07) is 37.4. The zero-order valence-corrected chi connectivity index (χ0v) is 18.9. The summed E-state index contributed by atoms with van der Waals surface area (Å²) in [4.78, 5) is 13.7. The minimum absolute atomic E-state index is 0.186. The number of rotatable bonds is 3. The molecule has 4 aromatic carbocycles. The maximum Gasteiger partial charge on any atom is 0.163 e. The first-order valence-electron chi connectivity index (χ1n) is 11.9. The van der Waals surface area contributed by atoms with E-state index < -0.39 is 0 Å². The van der Waals surface area contributed by atoms with Crippen molar-refractivity contribution in [1.82, 2.24) is 0 Å². The molecule has 2 N–H and O–H groups in total. The molecule has 0 amide bonds. The summed E-state index contributed by atoms with van der Waals surface area (Å²) in [5, 5.41) is 7.30. The molecule has 0 aromatic heterocycles. The van der Waals surface area contributed by atoms with E-state index >= 15 is 0 Å². The summed E-state index contributed by atoms with van der Waals surface area (Å²) in [7, 11) is 0. The summed E-state index contributed by atoms with van der Waals surface area (Å²) < 4.78 is 0. The highest BCUT2D eigenvalue weighted by molar-refractivity contribution is 6.01. The fourth-order valence-electron chi connectivity index (χ4n) is 5.20. The average molecular weight is 443 g/mol. The van der Waals surface area contributed by atoms with Gasteiger partial charge in [0.25, 0.3) is 0 Å². The van der Waals surface area contributed by atoms with Gasteiger partial charge in [-0.25, -0.2) is 0 Å². The molecule has 34 heavy (non-hydrogen) atoms. The van der Waals surface area contributed by atoms with Crippen molar-refractivity contribution >= 4 is 17.2 Å². The van der Waals surface area contributed by atoms with Crippen molar-refractivity contribution in [3.05, 3.63) is 132 Å². The largest absolute Gasteiger partial charge is 0.372 e. The first-order chi connectivity index (χ1) is 16.8. The number of para-hydroxylation sites is 2. The van der Waals surface area contributed by atoms with Crippen LogP contribution in [0, 0.1) is 0 Å². The van der Waals surface area contributed by atoms with Crippen LogP contribution in [0.1, 0.15) is 35.9 Å². The number of allylic oxidation sites excluding steroid dienone is 1. The molecule has 2 atom stereocenters. The Kier molecular flexibility index (Phi) is 5.23. The first-order valence-corrected chi connectivity index (χ1v) is 11.9. The van der Waals surface area contributed by atoms with E-state index in [2.05, 4.69) is 95.6 Å². The van der Waals surface area contributed by atoms with Gasteiger partial charge in [-0.1, -0.05) is 97.1 Å². The lowest BCUT2D eigenvalue weighted by Crippen LogP contribution is -2.26. The molecule has 0 fully saturated rings. The number of hydrogen-bond acceptors (Lipinski definition) is 3. The van der Waals surface area contributed by atoms with Gasteiger partial charge in [-0.2, -0.15) is 0 Å². The maximum atomic E-state index is 13.7. The lowest BCUT2D eigenvalue weighted by Gasteiger charge is -2.30. The SMILES string of the molecule is O=C1C[C@H](c2ccccc2)CC2=C1[C@@H](c1ccc(-c3ccccc3)cc1)Nc1ccccc1N2. The summed E-state index contributed by atoms with van der Waals surface area (Å²) in [5.74, 6) is 0.395. The minimum Gasteiger partial charge on any atom is -0.372 e. The second kappa shape index (κ2) is 8.68. The molecule has 166 valence electrons. The molecule has 0 unspecified atom stereocenters. The molecule has 2 aliphatic rings. The van der Waals surface area contributed by atoms with Gasteiger partial charge < -0.3 is 10.6 Å². The van der Waals surface area contributed by atoms with Crippen LogP contribution in [-0.4, -0.2) is 5.78 Å². The van der Waals surface area contributed by atoms with Crippen molar-refractivity contribution in [2.24, 2.45) is 0 Å². The molecule has 3 heteroatoms. The molecule has 4 aromatic rings. The van der Waals surface area contributed by atoms with Crippen LogP contribution in [0.3, 0.4) is 0 Å². The van der Waals surface area contributed by atoms with Gasteiger partial charge in [0.05, 0.1) is 17.4 Å². The van der Waals surface area contributed by atoms with E-state index in [1.165, 1.54) is 16.7 Å². The Balaban J connectivity index is 1.41. The maximum absolute atomic E-state index is 13.7. The quantitative estimate of drug-likeness (QED) is 0.349. The molecular formula is C31H26N2O. The number of fused-ring (bicyclic) bond motifs is 1. The van der Waals surface area contributed by atoms with Gasteiger partial charge >= 0.3 is 0 Å². The topological polar surface area (TPSA) is 41.1 Å². The van der Waals surface area contributed by atoms with E-state index in [0.29, 0.717) is 6.42 Å². The number of carbonyl (C=O) groups excluding carboxylic acids is 1. The summed E-state index contributed by atoms with van der Waals surface area (Å²) in [5.41, 5.74) is 8.59. The summed E-state index contributed by atoms with van der Waals surface area (Å²) >= 11 is 0. The zero-order chi connectivity index (χ0) is 22.9. The standard InChI is InChI=1S/C31H26N2O/c34-29-20-25(22-11-5-2-6-12-22)19-28-30(29)31(33-27-14-8-7-13-26(27)32-28)24-17-15-23(16-18-24)21-9-3-1-4-10-21/h1-18,25,31-33H,19-20H2/t25-,31-/m1/s1. The van der Waals surface area contributed by atoms with Crippen LogP contribution in [0.4, 0.5) is 11.4 Å². The van der Waals surface area contributed by atoms with Crippen LogP contribution < -0.4 is 10.6 Å². The molecule has 0 saturated carbocycles. The molecule has 3 nitrogen and oxygen atoms in total. The average Bonchev–Trinajstić information content (AvgIpc) is 3.07. The summed E-state index contributed by atoms with van der Waals surface area (Å²) in [6.45, 7) is 0. The highest BCUT2D eigenvalue weighted by Crippen LogP contribution is 2.44. The highest BCUT2D eigenvalue weighted by Gasteiger charge is 2.35.